The number of esters is 2. The van der Waals surface area contributed by atoms with Crippen LogP contribution in [0.4, 0.5) is 0 Å². The Bertz CT molecular complexity index is 907. The lowest BCUT2D eigenvalue weighted by molar-refractivity contribution is -0.205. The molecule has 1 aromatic carbocycles. The third-order valence-corrected chi connectivity index (χ3v) is 4.49. The highest BCUT2D eigenvalue weighted by molar-refractivity contribution is 5.90. The lowest BCUT2D eigenvalue weighted by Gasteiger charge is -2.40. The highest BCUT2D eigenvalue weighted by Gasteiger charge is 2.52. The zero-order valence-corrected chi connectivity index (χ0v) is 15.9. The third kappa shape index (κ3) is 6.17. The lowest BCUT2D eigenvalue weighted by Crippen LogP contribution is -2.58. The summed E-state index contributed by atoms with van der Waals surface area (Å²) in [6.45, 7) is 0. The average molecular weight is 440 g/mol. The molecule has 4 atom stereocenters. The van der Waals surface area contributed by atoms with Crippen LogP contribution in [0.2, 0.25) is 0 Å². The van der Waals surface area contributed by atoms with Crippen LogP contribution >= 0.6 is 0 Å². The maximum Gasteiger partial charge on any atom is 0.335 e. The maximum absolute atomic E-state index is 12.1. The van der Waals surface area contributed by atoms with Gasteiger partial charge in [-0.3, -0.25) is 9.59 Å². The van der Waals surface area contributed by atoms with Gasteiger partial charge in [-0.05, 0) is 23.8 Å². The number of hydrogen-bond acceptors (Lipinski definition) is 10. The molecule has 0 heterocycles. The average Bonchev–Trinajstić information content (AvgIpc) is 2.65. The van der Waals surface area contributed by atoms with Crippen LogP contribution in [0.1, 0.15) is 24.8 Å². The molecule has 168 valence electrons. The predicted octanol–water partition coefficient (Wildman–Crippen LogP) is -0.620. The number of rotatable bonds is 7. The van der Waals surface area contributed by atoms with Crippen LogP contribution in [0.15, 0.2) is 24.3 Å². The molecule has 12 heteroatoms. The number of ether oxygens (including phenoxy) is 2. The minimum absolute atomic E-state index is 0.305. The zero-order chi connectivity index (χ0) is 23.3. The number of carboxylic acids is 2. The second-order valence-electron chi connectivity index (χ2n) is 6.89. The fourth-order valence-corrected chi connectivity index (χ4v) is 2.96. The van der Waals surface area contributed by atoms with Gasteiger partial charge in [-0.25, -0.2) is 9.59 Å². The number of phenols is 2. The quantitative estimate of drug-likeness (QED) is 0.136. The molecule has 0 saturated heterocycles. The molecule has 1 aliphatic rings. The van der Waals surface area contributed by atoms with E-state index >= 15 is 0 Å². The normalized spacial score (nSPS) is 25.7. The summed E-state index contributed by atoms with van der Waals surface area (Å²) in [7, 11) is 0. The lowest BCUT2D eigenvalue weighted by atomic mass is 9.79. The molecule has 6 N–H and O–H groups in total. The standard InChI is InChI=1S/C19H20O12/c20-10-3-1-9(5-11(10)21)2-4-15(24)30-12-7-19(29,18(27)28)8-13(17(12)26)31-16(25)6-14(22)23/h1-5,12-13,17,20-21,26,29H,6-8H2,(H,22,23)(H,27,28)/t12-,13-,17+,19-/m1/s1. The van der Waals surface area contributed by atoms with Gasteiger partial charge in [-0.1, -0.05) is 6.07 Å². The topological polar surface area (TPSA) is 208 Å². The van der Waals surface area contributed by atoms with Crippen molar-refractivity contribution in [2.45, 2.75) is 43.2 Å². The minimum Gasteiger partial charge on any atom is -0.504 e. The van der Waals surface area contributed by atoms with E-state index in [1.165, 1.54) is 18.2 Å². The summed E-state index contributed by atoms with van der Waals surface area (Å²) in [5, 5.41) is 57.2. The molecule has 1 aliphatic carbocycles. The molecule has 0 amide bonds. The van der Waals surface area contributed by atoms with E-state index in [9.17, 15) is 44.7 Å². The van der Waals surface area contributed by atoms with Gasteiger partial charge in [-0.2, -0.15) is 0 Å². The predicted molar refractivity (Wildman–Crippen MR) is 98.6 cm³/mol. The first-order valence-electron chi connectivity index (χ1n) is 8.87. The molecule has 0 aliphatic heterocycles. The van der Waals surface area contributed by atoms with Crippen LogP contribution in [0.5, 0.6) is 11.5 Å². The summed E-state index contributed by atoms with van der Waals surface area (Å²) < 4.78 is 9.77. The van der Waals surface area contributed by atoms with Crippen molar-refractivity contribution in [2.75, 3.05) is 0 Å². The first-order chi connectivity index (χ1) is 14.4. The monoisotopic (exact) mass is 440 g/mol. The van der Waals surface area contributed by atoms with Gasteiger partial charge in [0.2, 0.25) is 0 Å². The van der Waals surface area contributed by atoms with Crippen molar-refractivity contribution in [3.05, 3.63) is 29.8 Å². The number of aromatic hydroxyl groups is 2. The van der Waals surface area contributed by atoms with Crippen molar-refractivity contribution < 1.29 is 59.3 Å². The molecule has 0 bridgehead atoms. The molecular weight excluding hydrogens is 420 g/mol. The van der Waals surface area contributed by atoms with Crippen LogP contribution in [0.3, 0.4) is 0 Å². The van der Waals surface area contributed by atoms with Gasteiger partial charge < -0.3 is 40.1 Å². The SMILES string of the molecule is O=C(O)CC(=O)O[C@@H]1C[C@@](O)(C(=O)O)C[C@@H](OC(=O)C=Cc2ccc(O)c(O)c2)[C@@H]1O. The van der Waals surface area contributed by atoms with Gasteiger partial charge in [0, 0.05) is 18.9 Å². The summed E-state index contributed by atoms with van der Waals surface area (Å²) in [5.74, 6) is -6.37. The van der Waals surface area contributed by atoms with Crippen molar-refractivity contribution in [3.63, 3.8) is 0 Å². The number of carbonyl (C=O) groups is 4. The Morgan fingerprint density at radius 2 is 1.65 bits per heavy atom. The molecule has 1 aromatic rings. The van der Waals surface area contributed by atoms with E-state index in [0.717, 1.165) is 12.1 Å². The van der Waals surface area contributed by atoms with E-state index in [-0.39, 0.29) is 5.75 Å². The van der Waals surface area contributed by atoms with Crippen molar-refractivity contribution in [1.29, 1.82) is 0 Å². The summed E-state index contributed by atoms with van der Waals surface area (Å²) >= 11 is 0. The van der Waals surface area contributed by atoms with Crippen molar-refractivity contribution >= 4 is 30.0 Å². The Morgan fingerprint density at radius 3 is 2.19 bits per heavy atom. The van der Waals surface area contributed by atoms with Crippen LogP contribution in [0.25, 0.3) is 6.08 Å². The first-order valence-corrected chi connectivity index (χ1v) is 8.87. The summed E-state index contributed by atoms with van der Waals surface area (Å²) in [6, 6.07) is 3.69. The number of aliphatic hydroxyl groups excluding tert-OH is 1. The fourth-order valence-electron chi connectivity index (χ4n) is 2.96. The van der Waals surface area contributed by atoms with Crippen molar-refractivity contribution in [3.8, 4) is 11.5 Å². The van der Waals surface area contributed by atoms with E-state index < -0.39 is 72.8 Å². The minimum atomic E-state index is -2.51. The maximum atomic E-state index is 12.1. The molecule has 0 aromatic heterocycles. The molecule has 12 nitrogen and oxygen atoms in total. The summed E-state index contributed by atoms with van der Waals surface area (Å²) in [5.41, 5.74) is -2.20. The van der Waals surface area contributed by atoms with Crippen LogP contribution in [0, 0.1) is 0 Å². The zero-order valence-electron chi connectivity index (χ0n) is 15.9. The number of carbonyl (C=O) groups excluding carboxylic acids is 2. The first kappa shape index (κ1) is 23.6. The second-order valence-corrected chi connectivity index (χ2v) is 6.89. The molecule has 2 rings (SSSR count). The van der Waals surface area contributed by atoms with Gasteiger partial charge in [0.1, 0.15) is 24.7 Å². The molecule has 0 radical (unpaired) electrons. The van der Waals surface area contributed by atoms with E-state index in [1.807, 2.05) is 0 Å². The van der Waals surface area contributed by atoms with E-state index in [2.05, 4.69) is 0 Å². The highest BCUT2D eigenvalue weighted by Crippen LogP contribution is 2.33. The number of carboxylic acid groups (broad SMARTS) is 2. The van der Waals surface area contributed by atoms with Crippen molar-refractivity contribution in [1.82, 2.24) is 0 Å². The molecule has 0 spiro atoms. The molecule has 0 unspecified atom stereocenters. The van der Waals surface area contributed by atoms with Gasteiger partial charge in [0.05, 0.1) is 0 Å². The Labute approximate surface area is 174 Å². The van der Waals surface area contributed by atoms with E-state index in [4.69, 9.17) is 14.6 Å². The second kappa shape index (κ2) is 9.45. The number of aliphatic hydroxyl groups is 2. The van der Waals surface area contributed by atoms with Crippen molar-refractivity contribution in [2.24, 2.45) is 0 Å². The fraction of sp³-hybridized carbons (Fsp3) is 0.368. The summed E-state index contributed by atoms with van der Waals surface area (Å²) in [6.07, 6.45) is -5.39. The molecule has 1 saturated carbocycles. The van der Waals surface area contributed by atoms with Gasteiger partial charge in [0.25, 0.3) is 0 Å². The molecule has 31 heavy (non-hydrogen) atoms. The van der Waals surface area contributed by atoms with Gasteiger partial charge in [0.15, 0.2) is 17.1 Å². The van der Waals surface area contributed by atoms with Gasteiger partial charge in [-0.15, -0.1) is 0 Å². The van der Waals surface area contributed by atoms with Crippen LogP contribution < -0.4 is 0 Å². The smallest absolute Gasteiger partial charge is 0.335 e. The van der Waals surface area contributed by atoms with Gasteiger partial charge >= 0.3 is 23.9 Å². The Hall–Kier alpha value is -3.64. The third-order valence-electron chi connectivity index (χ3n) is 4.49. The van der Waals surface area contributed by atoms with E-state index in [1.54, 1.807) is 0 Å². The molecular formula is C19H20O12. The summed E-state index contributed by atoms with van der Waals surface area (Å²) in [4.78, 5) is 45.7. The number of hydrogen-bond donors (Lipinski definition) is 6. The highest BCUT2D eigenvalue weighted by atomic mass is 16.6. The number of phenolic OH excluding ortho intramolecular Hbond substituents is 2. The Morgan fingerprint density at radius 1 is 1.03 bits per heavy atom. The number of aliphatic carboxylic acids is 2. The van der Waals surface area contributed by atoms with E-state index in [0.29, 0.717) is 5.56 Å². The van der Waals surface area contributed by atoms with Crippen LogP contribution in [-0.2, 0) is 28.7 Å². The number of benzene rings is 1. The van der Waals surface area contributed by atoms with Crippen LogP contribution in [-0.4, -0.2) is 78.4 Å². The largest absolute Gasteiger partial charge is 0.504 e. The Balaban J connectivity index is 2.14. The molecule has 1 fully saturated rings. The Kier molecular flexibility index (Phi) is 7.20.